The van der Waals surface area contributed by atoms with Crippen molar-refractivity contribution in [2.24, 2.45) is 0 Å². The van der Waals surface area contributed by atoms with E-state index < -0.39 is 0 Å². The van der Waals surface area contributed by atoms with Gasteiger partial charge in [-0.3, -0.25) is 0 Å². The molecule has 1 aromatic carbocycles. The first-order valence-electron chi connectivity index (χ1n) is 5.49. The average molecular weight is 203 g/mol. The summed E-state index contributed by atoms with van der Waals surface area (Å²) in [5.74, 6) is 0. The lowest BCUT2D eigenvalue weighted by molar-refractivity contribution is 0.529. The summed E-state index contributed by atoms with van der Waals surface area (Å²) in [6, 6.07) is 8.70. The number of rotatable bonds is 4. The second kappa shape index (κ2) is 4.49. The van der Waals surface area contributed by atoms with Crippen molar-refractivity contribution >= 4 is 11.0 Å². The van der Waals surface area contributed by atoms with Crippen LogP contribution >= 0.6 is 0 Å². The summed E-state index contributed by atoms with van der Waals surface area (Å²) < 4.78 is 5.47. The normalized spacial score (nSPS) is 13.2. The Balaban J connectivity index is 2.14. The average Bonchev–Trinajstić information content (AvgIpc) is 2.69. The molecule has 0 fully saturated rings. The van der Waals surface area contributed by atoms with Crippen LogP contribution in [0, 0.1) is 0 Å². The zero-order valence-corrected chi connectivity index (χ0v) is 9.29. The fraction of sp³-hybridized carbons (Fsp3) is 0.385. The van der Waals surface area contributed by atoms with Gasteiger partial charge >= 0.3 is 0 Å². The summed E-state index contributed by atoms with van der Waals surface area (Å²) in [5.41, 5.74) is 2.21. The highest BCUT2D eigenvalue weighted by Crippen LogP contribution is 2.20. The zero-order valence-electron chi connectivity index (χ0n) is 9.29. The van der Waals surface area contributed by atoms with Gasteiger partial charge in [-0.1, -0.05) is 25.1 Å². The maximum absolute atomic E-state index is 5.47. The van der Waals surface area contributed by atoms with Crippen LogP contribution in [0.4, 0.5) is 0 Å². The highest BCUT2D eigenvalue weighted by Gasteiger charge is 2.05. The van der Waals surface area contributed by atoms with Gasteiger partial charge in [0.1, 0.15) is 5.58 Å². The van der Waals surface area contributed by atoms with E-state index in [1.54, 1.807) is 0 Å². The van der Waals surface area contributed by atoms with Crippen molar-refractivity contribution in [2.45, 2.75) is 32.9 Å². The number of furan rings is 1. The third-order valence-electron chi connectivity index (χ3n) is 2.81. The van der Waals surface area contributed by atoms with E-state index in [1.807, 2.05) is 24.5 Å². The largest absolute Gasteiger partial charge is 0.464 e. The van der Waals surface area contributed by atoms with Crippen LogP contribution in [0.2, 0.25) is 0 Å². The van der Waals surface area contributed by atoms with E-state index >= 15 is 0 Å². The van der Waals surface area contributed by atoms with Crippen LogP contribution in [0.3, 0.4) is 0 Å². The van der Waals surface area contributed by atoms with Gasteiger partial charge in [-0.05, 0) is 19.4 Å². The molecule has 0 saturated carbocycles. The molecule has 0 saturated heterocycles. The lowest BCUT2D eigenvalue weighted by Crippen LogP contribution is -2.24. The van der Waals surface area contributed by atoms with Crippen LogP contribution in [-0.2, 0) is 6.54 Å². The maximum Gasteiger partial charge on any atom is 0.134 e. The number of hydrogen-bond acceptors (Lipinski definition) is 2. The second-order valence-electron chi connectivity index (χ2n) is 3.95. The zero-order chi connectivity index (χ0) is 10.7. The first kappa shape index (κ1) is 10.2. The molecule has 0 amide bonds. The molecule has 2 rings (SSSR count). The predicted molar refractivity (Wildman–Crippen MR) is 62.8 cm³/mol. The van der Waals surface area contributed by atoms with Gasteiger partial charge in [0.2, 0.25) is 0 Å². The lowest BCUT2D eigenvalue weighted by atomic mass is 10.1. The van der Waals surface area contributed by atoms with Gasteiger partial charge in [0.25, 0.3) is 0 Å². The highest BCUT2D eigenvalue weighted by atomic mass is 16.3. The third kappa shape index (κ3) is 2.21. The van der Waals surface area contributed by atoms with Gasteiger partial charge in [-0.15, -0.1) is 0 Å². The van der Waals surface area contributed by atoms with E-state index in [-0.39, 0.29) is 0 Å². The monoisotopic (exact) mass is 203 g/mol. The maximum atomic E-state index is 5.47. The van der Waals surface area contributed by atoms with E-state index in [0.717, 1.165) is 18.5 Å². The summed E-state index contributed by atoms with van der Waals surface area (Å²) in [7, 11) is 0. The molecular formula is C13H17NO. The summed E-state index contributed by atoms with van der Waals surface area (Å²) >= 11 is 0. The fourth-order valence-corrected chi connectivity index (χ4v) is 1.60. The Hall–Kier alpha value is -1.28. The number of hydrogen-bond donors (Lipinski definition) is 1. The molecule has 15 heavy (non-hydrogen) atoms. The Bertz CT molecular complexity index is 433. The lowest BCUT2D eigenvalue weighted by Gasteiger charge is -2.09. The summed E-state index contributed by atoms with van der Waals surface area (Å²) in [6.45, 7) is 5.26. The molecule has 0 bridgehead atoms. The molecule has 2 aromatic rings. The standard InChI is InChI=1S/C13H17NO/c1-3-10(2)14-8-11-9-15-13-7-5-4-6-12(11)13/h4-7,9-10,14H,3,8H2,1-2H3. The van der Waals surface area contributed by atoms with Gasteiger partial charge < -0.3 is 9.73 Å². The minimum Gasteiger partial charge on any atom is -0.464 e. The molecule has 80 valence electrons. The van der Waals surface area contributed by atoms with Crippen molar-refractivity contribution in [3.8, 4) is 0 Å². The van der Waals surface area contributed by atoms with Crippen LogP contribution in [0.25, 0.3) is 11.0 Å². The van der Waals surface area contributed by atoms with Crippen molar-refractivity contribution in [2.75, 3.05) is 0 Å². The Labute approximate surface area is 90.3 Å². The van der Waals surface area contributed by atoms with Crippen molar-refractivity contribution in [3.05, 3.63) is 36.1 Å². The molecule has 1 aromatic heterocycles. The van der Waals surface area contributed by atoms with Crippen LogP contribution < -0.4 is 5.32 Å². The first-order valence-corrected chi connectivity index (χ1v) is 5.49. The smallest absolute Gasteiger partial charge is 0.134 e. The van der Waals surface area contributed by atoms with E-state index in [2.05, 4.69) is 25.2 Å². The predicted octanol–water partition coefficient (Wildman–Crippen LogP) is 3.32. The van der Waals surface area contributed by atoms with E-state index in [1.165, 1.54) is 10.9 Å². The molecule has 1 atom stereocenters. The molecule has 2 heteroatoms. The number of nitrogens with one attached hydrogen (secondary N) is 1. The molecule has 2 nitrogen and oxygen atoms in total. The Morgan fingerprint density at radius 1 is 1.33 bits per heavy atom. The minimum atomic E-state index is 0.554. The van der Waals surface area contributed by atoms with Crippen LogP contribution in [0.5, 0.6) is 0 Å². The summed E-state index contributed by atoms with van der Waals surface area (Å²) in [5, 5.41) is 4.68. The van der Waals surface area contributed by atoms with Gasteiger partial charge in [0.05, 0.1) is 6.26 Å². The van der Waals surface area contributed by atoms with Crippen molar-refractivity contribution < 1.29 is 4.42 Å². The van der Waals surface area contributed by atoms with Gasteiger partial charge in [-0.25, -0.2) is 0 Å². The number of para-hydroxylation sites is 1. The molecule has 0 aliphatic carbocycles. The number of benzene rings is 1. The van der Waals surface area contributed by atoms with Gasteiger partial charge in [0.15, 0.2) is 0 Å². The molecule has 1 heterocycles. The summed E-state index contributed by atoms with van der Waals surface area (Å²) in [4.78, 5) is 0. The molecular weight excluding hydrogens is 186 g/mol. The molecule has 0 spiro atoms. The Morgan fingerprint density at radius 2 is 2.13 bits per heavy atom. The fourth-order valence-electron chi connectivity index (χ4n) is 1.60. The molecule has 1 N–H and O–H groups in total. The Morgan fingerprint density at radius 3 is 2.93 bits per heavy atom. The van der Waals surface area contributed by atoms with Gasteiger partial charge in [0, 0.05) is 23.5 Å². The van der Waals surface area contributed by atoms with Crippen molar-refractivity contribution in [1.29, 1.82) is 0 Å². The summed E-state index contributed by atoms with van der Waals surface area (Å²) in [6.07, 6.45) is 3.00. The number of fused-ring (bicyclic) bond motifs is 1. The Kier molecular flexibility index (Phi) is 3.07. The highest BCUT2D eigenvalue weighted by molar-refractivity contribution is 5.80. The van der Waals surface area contributed by atoms with Crippen LogP contribution in [0.1, 0.15) is 25.8 Å². The molecule has 1 unspecified atom stereocenters. The SMILES string of the molecule is CCC(C)NCc1coc2ccccc12. The van der Waals surface area contributed by atoms with E-state index in [0.29, 0.717) is 6.04 Å². The first-order chi connectivity index (χ1) is 7.31. The molecule has 0 aliphatic rings. The van der Waals surface area contributed by atoms with Crippen LogP contribution in [-0.4, -0.2) is 6.04 Å². The van der Waals surface area contributed by atoms with Crippen molar-refractivity contribution in [3.63, 3.8) is 0 Å². The van der Waals surface area contributed by atoms with E-state index in [4.69, 9.17) is 4.42 Å². The van der Waals surface area contributed by atoms with Gasteiger partial charge in [-0.2, -0.15) is 0 Å². The molecule has 0 radical (unpaired) electrons. The molecule has 0 aliphatic heterocycles. The van der Waals surface area contributed by atoms with E-state index in [9.17, 15) is 0 Å². The van der Waals surface area contributed by atoms with Crippen molar-refractivity contribution in [1.82, 2.24) is 5.32 Å². The van der Waals surface area contributed by atoms with Crippen LogP contribution in [0.15, 0.2) is 34.9 Å². The third-order valence-corrected chi connectivity index (χ3v) is 2.81. The quantitative estimate of drug-likeness (QED) is 0.824. The topological polar surface area (TPSA) is 25.2 Å². The minimum absolute atomic E-state index is 0.554. The second-order valence-corrected chi connectivity index (χ2v) is 3.95.